The lowest BCUT2D eigenvalue weighted by atomic mass is 9.89. The predicted molar refractivity (Wildman–Crippen MR) is 83.0 cm³/mol. The predicted octanol–water partition coefficient (Wildman–Crippen LogP) is 2.65. The second kappa shape index (κ2) is 6.85. The van der Waals surface area contributed by atoms with Gasteiger partial charge in [-0.3, -0.25) is 0 Å². The molecule has 1 rings (SSSR count). The van der Waals surface area contributed by atoms with Gasteiger partial charge in [-0.25, -0.2) is 17.5 Å². The molecular formula is C15H25FN2O2S. The minimum Gasteiger partial charge on any atom is -0.313 e. The van der Waals surface area contributed by atoms with Crippen molar-refractivity contribution >= 4 is 10.0 Å². The van der Waals surface area contributed by atoms with Crippen LogP contribution in [-0.4, -0.2) is 21.0 Å². The van der Waals surface area contributed by atoms with E-state index in [1.165, 1.54) is 18.2 Å². The van der Waals surface area contributed by atoms with E-state index in [0.717, 1.165) is 0 Å². The summed E-state index contributed by atoms with van der Waals surface area (Å²) in [5.74, 6) is -0.404. The Morgan fingerprint density at radius 2 is 1.90 bits per heavy atom. The summed E-state index contributed by atoms with van der Waals surface area (Å²) in [7, 11) is -3.65. The number of benzene rings is 1. The van der Waals surface area contributed by atoms with Crippen LogP contribution in [-0.2, 0) is 16.6 Å². The van der Waals surface area contributed by atoms with Crippen molar-refractivity contribution in [3.63, 3.8) is 0 Å². The summed E-state index contributed by atoms with van der Waals surface area (Å²) in [6, 6.07) is 3.64. The van der Waals surface area contributed by atoms with Gasteiger partial charge in [0.1, 0.15) is 5.82 Å². The molecule has 4 nitrogen and oxygen atoms in total. The van der Waals surface area contributed by atoms with E-state index in [2.05, 4.69) is 10.0 Å². The summed E-state index contributed by atoms with van der Waals surface area (Å²) in [6.07, 6.45) is 0. The Balaban J connectivity index is 3.03. The van der Waals surface area contributed by atoms with Crippen LogP contribution >= 0.6 is 0 Å². The van der Waals surface area contributed by atoms with E-state index in [4.69, 9.17) is 0 Å². The van der Waals surface area contributed by atoms with Crippen molar-refractivity contribution in [2.45, 2.75) is 52.1 Å². The standard InChI is InChI=1S/C15H25FN2O2S/c1-6-17-10-12-9-13(7-8-14(12)16)21(19,20)18-11(2)15(3,4)5/h7-9,11,17-18H,6,10H2,1-5H3. The van der Waals surface area contributed by atoms with Gasteiger partial charge in [-0.05, 0) is 37.1 Å². The zero-order valence-corrected chi connectivity index (χ0v) is 14.1. The van der Waals surface area contributed by atoms with Crippen LogP contribution in [0.1, 0.15) is 40.2 Å². The summed E-state index contributed by atoms with van der Waals surface area (Å²) in [5, 5.41) is 2.99. The maximum absolute atomic E-state index is 13.7. The molecule has 0 aliphatic carbocycles. The molecule has 21 heavy (non-hydrogen) atoms. The number of hydrogen-bond acceptors (Lipinski definition) is 3. The van der Waals surface area contributed by atoms with Gasteiger partial charge in [0.05, 0.1) is 4.90 Å². The van der Waals surface area contributed by atoms with E-state index in [0.29, 0.717) is 18.7 Å². The fraction of sp³-hybridized carbons (Fsp3) is 0.600. The second-order valence-electron chi connectivity index (χ2n) is 6.24. The molecule has 0 spiro atoms. The van der Waals surface area contributed by atoms with Gasteiger partial charge in [0.15, 0.2) is 0 Å². The lowest BCUT2D eigenvalue weighted by Crippen LogP contribution is -2.41. The topological polar surface area (TPSA) is 58.2 Å². The number of sulfonamides is 1. The van der Waals surface area contributed by atoms with Crippen molar-refractivity contribution in [1.82, 2.24) is 10.0 Å². The van der Waals surface area contributed by atoms with Crippen LogP contribution in [0.4, 0.5) is 4.39 Å². The van der Waals surface area contributed by atoms with Crippen LogP contribution in [0.5, 0.6) is 0 Å². The highest BCUT2D eigenvalue weighted by Gasteiger charge is 2.26. The summed E-state index contributed by atoms with van der Waals surface area (Å²) < 4.78 is 41.1. The van der Waals surface area contributed by atoms with Crippen LogP contribution in [0, 0.1) is 11.2 Å². The zero-order chi connectivity index (χ0) is 16.3. The lowest BCUT2D eigenvalue weighted by molar-refractivity contribution is 0.317. The fourth-order valence-electron chi connectivity index (χ4n) is 1.59. The molecule has 0 amide bonds. The number of nitrogens with one attached hydrogen (secondary N) is 2. The highest BCUT2D eigenvalue weighted by Crippen LogP contribution is 2.22. The quantitative estimate of drug-likeness (QED) is 0.848. The first-order valence-electron chi connectivity index (χ1n) is 7.09. The number of hydrogen-bond donors (Lipinski definition) is 2. The van der Waals surface area contributed by atoms with Crippen LogP contribution in [0.2, 0.25) is 0 Å². The highest BCUT2D eigenvalue weighted by atomic mass is 32.2. The average molecular weight is 316 g/mol. The van der Waals surface area contributed by atoms with E-state index in [-0.39, 0.29) is 16.4 Å². The molecule has 1 aromatic rings. The van der Waals surface area contributed by atoms with E-state index in [9.17, 15) is 12.8 Å². The summed E-state index contributed by atoms with van der Waals surface area (Å²) in [5.41, 5.74) is 0.155. The van der Waals surface area contributed by atoms with Gasteiger partial charge in [-0.15, -0.1) is 0 Å². The first kappa shape index (κ1) is 18.1. The first-order valence-corrected chi connectivity index (χ1v) is 8.57. The van der Waals surface area contributed by atoms with Crippen molar-refractivity contribution < 1.29 is 12.8 Å². The average Bonchev–Trinajstić information content (AvgIpc) is 2.36. The SMILES string of the molecule is CCNCc1cc(S(=O)(=O)NC(C)C(C)(C)C)ccc1F. The van der Waals surface area contributed by atoms with Gasteiger partial charge >= 0.3 is 0 Å². The summed E-state index contributed by atoms with van der Waals surface area (Å²) in [6.45, 7) is 10.6. The molecule has 120 valence electrons. The highest BCUT2D eigenvalue weighted by molar-refractivity contribution is 7.89. The molecular weight excluding hydrogens is 291 g/mol. The van der Waals surface area contributed by atoms with E-state index in [1.807, 2.05) is 34.6 Å². The van der Waals surface area contributed by atoms with Gasteiger partial charge < -0.3 is 5.32 Å². The Morgan fingerprint density at radius 3 is 2.43 bits per heavy atom. The Hall–Kier alpha value is -0.980. The largest absolute Gasteiger partial charge is 0.313 e. The molecule has 1 aromatic carbocycles. The molecule has 0 heterocycles. The lowest BCUT2D eigenvalue weighted by Gasteiger charge is -2.27. The molecule has 0 aromatic heterocycles. The van der Waals surface area contributed by atoms with Crippen molar-refractivity contribution in [2.24, 2.45) is 5.41 Å². The molecule has 0 bridgehead atoms. The molecule has 0 saturated heterocycles. The minimum atomic E-state index is -3.65. The van der Waals surface area contributed by atoms with Crippen LogP contribution in [0.3, 0.4) is 0 Å². The molecule has 0 aliphatic rings. The molecule has 6 heteroatoms. The smallest absolute Gasteiger partial charge is 0.240 e. The molecule has 1 atom stereocenters. The molecule has 0 radical (unpaired) electrons. The van der Waals surface area contributed by atoms with Crippen molar-refractivity contribution in [3.05, 3.63) is 29.6 Å². The first-order chi connectivity index (χ1) is 9.58. The summed E-state index contributed by atoms with van der Waals surface area (Å²) in [4.78, 5) is 0.0907. The molecule has 0 saturated carbocycles. The van der Waals surface area contributed by atoms with Gasteiger partial charge in [0.25, 0.3) is 0 Å². The molecule has 0 aliphatic heterocycles. The van der Waals surface area contributed by atoms with Crippen molar-refractivity contribution in [1.29, 1.82) is 0 Å². The summed E-state index contributed by atoms with van der Waals surface area (Å²) >= 11 is 0. The number of rotatable bonds is 6. The minimum absolute atomic E-state index is 0.0907. The van der Waals surface area contributed by atoms with Gasteiger partial charge in [0.2, 0.25) is 10.0 Å². The zero-order valence-electron chi connectivity index (χ0n) is 13.3. The van der Waals surface area contributed by atoms with Gasteiger partial charge in [-0.1, -0.05) is 27.7 Å². The maximum Gasteiger partial charge on any atom is 0.240 e. The van der Waals surface area contributed by atoms with Gasteiger partial charge in [-0.2, -0.15) is 0 Å². The van der Waals surface area contributed by atoms with Gasteiger partial charge in [0, 0.05) is 18.2 Å². The van der Waals surface area contributed by atoms with E-state index in [1.54, 1.807) is 0 Å². The van der Waals surface area contributed by atoms with Crippen LogP contribution < -0.4 is 10.0 Å². The normalized spacial score (nSPS) is 14.2. The van der Waals surface area contributed by atoms with Crippen molar-refractivity contribution in [2.75, 3.05) is 6.54 Å². The Morgan fingerprint density at radius 1 is 1.29 bits per heavy atom. The van der Waals surface area contributed by atoms with Crippen LogP contribution in [0.25, 0.3) is 0 Å². The Labute approximate surface area is 127 Å². The monoisotopic (exact) mass is 316 g/mol. The third-order valence-corrected chi connectivity index (χ3v) is 5.06. The van der Waals surface area contributed by atoms with E-state index < -0.39 is 15.8 Å². The number of halogens is 1. The Kier molecular flexibility index (Phi) is 5.90. The second-order valence-corrected chi connectivity index (χ2v) is 7.96. The molecule has 1 unspecified atom stereocenters. The third kappa shape index (κ3) is 5.05. The van der Waals surface area contributed by atoms with Crippen molar-refractivity contribution in [3.8, 4) is 0 Å². The molecule has 0 fully saturated rings. The fourth-order valence-corrected chi connectivity index (χ4v) is 3.09. The molecule has 2 N–H and O–H groups in total. The van der Waals surface area contributed by atoms with Crippen LogP contribution in [0.15, 0.2) is 23.1 Å². The third-order valence-electron chi connectivity index (χ3n) is 3.52. The Bertz CT molecular complexity index is 580. The maximum atomic E-state index is 13.7. The van der Waals surface area contributed by atoms with E-state index >= 15 is 0 Å².